The van der Waals surface area contributed by atoms with E-state index in [0.29, 0.717) is 5.92 Å². The van der Waals surface area contributed by atoms with E-state index in [1.807, 2.05) is 12.3 Å². The van der Waals surface area contributed by atoms with Crippen LogP contribution in [0.25, 0.3) is 0 Å². The third kappa shape index (κ3) is 5.33. The molecule has 0 aromatic carbocycles. The van der Waals surface area contributed by atoms with Gasteiger partial charge in [-0.15, -0.1) is 0 Å². The maximum Gasteiger partial charge on any atom is 0.127 e. The normalized spacial score (nSPS) is 20.5. The smallest absolute Gasteiger partial charge is 0.127 e. The molecule has 0 aliphatic carbocycles. The van der Waals surface area contributed by atoms with Crippen molar-refractivity contribution in [1.29, 1.82) is 0 Å². The van der Waals surface area contributed by atoms with Crippen molar-refractivity contribution in [3.8, 4) is 0 Å². The lowest BCUT2D eigenvalue weighted by Gasteiger charge is -2.18. The Morgan fingerprint density at radius 1 is 1.41 bits per heavy atom. The largest absolute Gasteiger partial charge is 0.365 e. The van der Waals surface area contributed by atoms with Gasteiger partial charge in [-0.1, -0.05) is 39.2 Å². The molecular weight excluding hydrogens is 332 g/mol. The van der Waals surface area contributed by atoms with E-state index in [2.05, 4.69) is 65.7 Å². The lowest BCUT2D eigenvalue weighted by molar-refractivity contribution is 0.331. The molecule has 2 aliphatic rings. The highest BCUT2D eigenvalue weighted by atomic mass is 15.2. The summed E-state index contributed by atoms with van der Waals surface area (Å²) >= 11 is 0. The minimum atomic E-state index is 0.161. The zero-order valence-corrected chi connectivity index (χ0v) is 16.7. The molecule has 2 aliphatic heterocycles. The topological polar surface area (TPSA) is 40.2 Å². The molecule has 0 saturated carbocycles. The number of nitrogens with one attached hydrogen (secondary N) is 2. The fourth-order valence-corrected chi connectivity index (χ4v) is 3.74. The van der Waals surface area contributed by atoms with Crippen molar-refractivity contribution >= 4 is 5.82 Å². The second kappa shape index (κ2) is 9.05. The standard InChI is InChI=1S/C23H32N4/c1-5-18(4)8-9-21-20(17(2)3)15-23(25-21)26-22-14-19(10-11-24-22)16-27-12-6-7-13-27/h5,8-11,14,17,23,25H,1,4,6-7,12-13,15-16H2,2-3H3,(H,24,26)/b9-8-. The van der Waals surface area contributed by atoms with Crippen LogP contribution in [0.5, 0.6) is 0 Å². The van der Waals surface area contributed by atoms with Gasteiger partial charge in [0.2, 0.25) is 0 Å². The van der Waals surface area contributed by atoms with Crippen LogP contribution in [0.3, 0.4) is 0 Å². The van der Waals surface area contributed by atoms with Crippen LogP contribution < -0.4 is 10.6 Å². The Morgan fingerprint density at radius 2 is 2.19 bits per heavy atom. The van der Waals surface area contributed by atoms with Gasteiger partial charge in [-0.3, -0.25) is 4.90 Å². The number of nitrogens with zero attached hydrogens (tertiary/aromatic N) is 2. The van der Waals surface area contributed by atoms with Gasteiger partial charge in [-0.05, 0) is 66.8 Å². The summed E-state index contributed by atoms with van der Waals surface area (Å²) in [6, 6.07) is 4.31. The van der Waals surface area contributed by atoms with Gasteiger partial charge >= 0.3 is 0 Å². The van der Waals surface area contributed by atoms with Gasteiger partial charge in [0, 0.05) is 24.9 Å². The van der Waals surface area contributed by atoms with E-state index < -0.39 is 0 Å². The maximum atomic E-state index is 4.53. The number of likely N-dealkylation sites (tertiary alicyclic amines) is 1. The first kappa shape index (κ1) is 19.4. The zero-order chi connectivity index (χ0) is 19.2. The summed E-state index contributed by atoms with van der Waals surface area (Å²) in [6.07, 6.45) is 11.6. The fourth-order valence-electron chi connectivity index (χ4n) is 3.74. The summed E-state index contributed by atoms with van der Waals surface area (Å²) in [7, 11) is 0. The molecule has 1 aromatic heterocycles. The van der Waals surface area contributed by atoms with Crippen LogP contribution in [0.1, 0.15) is 38.7 Å². The second-order valence-corrected chi connectivity index (χ2v) is 7.78. The number of aromatic nitrogens is 1. The molecule has 1 aromatic rings. The number of allylic oxidation sites excluding steroid dienone is 4. The van der Waals surface area contributed by atoms with Gasteiger partial charge in [0.05, 0.1) is 0 Å². The van der Waals surface area contributed by atoms with Crippen molar-refractivity contribution in [3.63, 3.8) is 0 Å². The molecule has 3 rings (SSSR count). The van der Waals surface area contributed by atoms with Gasteiger partial charge in [0.15, 0.2) is 0 Å². The number of anilines is 1. The Kier molecular flexibility index (Phi) is 6.51. The minimum absolute atomic E-state index is 0.161. The first-order chi connectivity index (χ1) is 13.0. The van der Waals surface area contributed by atoms with Crippen molar-refractivity contribution < 1.29 is 0 Å². The van der Waals surface area contributed by atoms with E-state index >= 15 is 0 Å². The van der Waals surface area contributed by atoms with Crippen LogP contribution in [-0.4, -0.2) is 29.1 Å². The first-order valence-corrected chi connectivity index (χ1v) is 9.98. The Hall–Kier alpha value is -2.33. The summed E-state index contributed by atoms with van der Waals surface area (Å²) in [5, 5.41) is 7.16. The molecule has 144 valence electrons. The average Bonchev–Trinajstić information content (AvgIpc) is 3.29. The van der Waals surface area contributed by atoms with Gasteiger partial charge in [-0.25, -0.2) is 4.98 Å². The average molecular weight is 365 g/mol. The summed E-state index contributed by atoms with van der Waals surface area (Å²) in [5.41, 5.74) is 4.85. The molecule has 2 N–H and O–H groups in total. The van der Waals surface area contributed by atoms with E-state index in [9.17, 15) is 0 Å². The van der Waals surface area contributed by atoms with Gasteiger partial charge in [0.1, 0.15) is 12.0 Å². The Morgan fingerprint density at radius 3 is 2.89 bits per heavy atom. The van der Waals surface area contributed by atoms with Crippen LogP contribution in [0.15, 0.2) is 66.6 Å². The van der Waals surface area contributed by atoms with Gasteiger partial charge < -0.3 is 10.6 Å². The van der Waals surface area contributed by atoms with Crippen LogP contribution in [-0.2, 0) is 6.54 Å². The number of pyridine rings is 1. The molecule has 4 nitrogen and oxygen atoms in total. The van der Waals surface area contributed by atoms with E-state index in [0.717, 1.165) is 24.4 Å². The number of hydrogen-bond donors (Lipinski definition) is 2. The van der Waals surface area contributed by atoms with Crippen molar-refractivity contribution in [2.24, 2.45) is 5.92 Å². The maximum absolute atomic E-state index is 4.53. The molecular formula is C23H32N4. The Bertz CT molecular complexity index is 739. The SMILES string of the molecule is C=CC(=C)/C=C\C1=C(C(C)C)CC(Nc2cc(CN3CCCC3)ccn2)N1. The van der Waals surface area contributed by atoms with E-state index in [-0.39, 0.29) is 6.17 Å². The van der Waals surface area contributed by atoms with Gasteiger partial charge in [-0.2, -0.15) is 0 Å². The number of rotatable bonds is 8. The predicted octanol–water partition coefficient (Wildman–Crippen LogP) is 4.62. The molecule has 1 unspecified atom stereocenters. The molecule has 1 fully saturated rings. The highest BCUT2D eigenvalue weighted by Gasteiger charge is 2.24. The number of hydrogen-bond acceptors (Lipinski definition) is 4. The molecule has 1 saturated heterocycles. The summed E-state index contributed by atoms with van der Waals surface area (Å²) in [6.45, 7) is 15.6. The minimum Gasteiger partial charge on any atom is -0.365 e. The van der Waals surface area contributed by atoms with Crippen LogP contribution in [0.4, 0.5) is 5.82 Å². The second-order valence-electron chi connectivity index (χ2n) is 7.78. The third-order valence-corrected chi connectivity index (χ3v) is 5.27. The van der Waals surface area contributed by atoms with Gasteiger partial charge in [0.25, 0.3) is 0 Å². The van der Waals surface area contributed by atoms with Crippen LogP contribution in [0, 0.1) is 5.92 Å². The van der Waals surface area contributed by atoms with E-state index in [1.165, 1.54) is 42.8 Å². The summed E-state index contributed by atoms with van der Waals surface area (Å²) in [5.74, 6) is 1.43. The third-order valence-electron chi connectivity index (χ3n) is 5.27. The monoisotopic (exact) mass is 364 g/mol. The summed E-state index contributed by atoms with van der Waals surface area (Å²) in [4.78, 5) is 7.04. The van der Waals surface area contributed by atoms with E-state index in [4.69, 9.17) is 0 Å². The first-order valence-electron chi connectivity index (χ1n) is 9.98. The quantitative estimate of drug-likeness (QED) is 0.661. The highest BCUT2D eigenvalue weighted by Crippen LogP contribution is 2.27. The highest BCUT2D eigenvalue weighted by molar-refractivity contribution is 5.43. The van der Waals surface area contributed by atoms with Crippen molar-refractivity contribution in [2.75, 3.05) is 18.4 Å². The van der Waals surface area contributed by atoms with Crippen LogP contribution >= 0.6 is 0 Å². The fraction of sp³-hybridized carbons (Fsp3) is 0.435. The molecule has 0 radical (unpaired) electrons. The molecule has 27 heavy (non-hydrogen) atoms. The van der Waals surface area contributed by atoms with Crippen molar-refractivity contribution in [2.45, 2.75) is 45.8 Å². The Labute approximate surface area is 163 Å². The van der Waals surface area contributed by atoms with E-state index in [1.54, 1.807) is 6.08 Å². The summed E-state index contributed by atoms with van der Waals surface area (Å²) < 4.78 is 0. The predicted molar refractivity (Wildman–Crippen MR) is 114 cm³/mol. The lowest BCUT2D eigenvalue weighted by Crippen LogP contribution is -2.31. The molecule has 1 atom stereocenters. The van der Waals surface area contributed by atoms with Crippen LogP contribution in [0.2, 0.25) is 0 Å². The van der Waals surface area contributed by atoms with Crippen molar-refractivity contribution in [3.05, 3.63) is 72.1 Å². The molecule has 0 amide bonds. The molecule has 0 bridgehead atoms. The van der Waals surface area contributed by atoms with Crippen molar-refractivity contribution in [1.82, 2.24) is 15.2 Å². The zero-order valence-electron chi connectivity index (χ0n) is 16.7. The lowest BCUT2D eigenvalue weighted by atomic mass is 9.99. The molecule has 3 heterocycles. The molecule has 4 heteroatoms. The Balaban J connectivity index is 1.64. The molecule has 0 spiro atoms.